The largest absolute Gasteiger partial charge is 0.396 e. The smallest absolute Gasteiger partial charge is 0.253 e. The van der Waals surface area contributed by atoms with Crippen molar-refractivity contribution in [3.05, 3.63) is 0 Å². The molecule has 60 valence electrons. The van der Waals surface area contributed by atoms with Gasteiger partial charge in [-0.3, -0.25) is 0 Å². The highest BCUT2D eigenvalue weighted by atomic mass is 19.3. The van der Waals surface area contributed by atoms with Crippen LogP contribution in [0.5, 0.6) is 0 Å². The van der Waals surface area contributed by atoms with E-state index in [4.69, 9.17) is 5.11 Å². The summed E-state index contributed by atoms with van der Waals surface area (Å²) >= 11 is 0. The predicted molar refractivity (Wildman–Crippen MR) is 34.0 cm³/mol. The first kappa shape index (κ1) is 7.92. The third kappa shape index (κ3) is 1.45. The standard InChI is InChI=1S/C7H12F2O/c8-7(9,4-5-10)6-2-1-3-6/h6,10H,1-5H2. The molecule has 0 aromatic heterocycles. The quantitative estimate of drug-likeness (QED) is 0.650. The van der Waals surface area contributed by atoms with E-state index < -0.39 is 18.4 Å². The second-order valence-electron chi connectivity index (χ2n) is 2.86. The molecule has 0 aromatic rings. The van der Waals surface area contributed by atoms with E-state index in [1.807, 2.05) is 0 Å². The first-order chi connectivity index (χ1) is 4.67. The number of aliphatic hydroxyl groups is 1. The van der Waals surface area contributed by atoms with Gasteiger partial charge in [0.05, 0.1) is 0 Å². The lowest BCUT2D eigenvalue weighted by Crippen LogP contribution is -2.34. The average Bonchev–Trinajstić information content (AvgIpc) is 1.56. The zero-order valence-electron chi connectivity index (χ0n) is 5.82. The Balaban J connectivity index is 2.33. The highest BCUT2D eigenvalue weighted by molar-refractivity contribution is 4.83. The number of alkyl halides is 2. The van der Waals surface area contributed by atoms with Gasteiger partial charge in [0.1, 0.15) is 0 Å². The molecule has 0 aromatic carbocycles. The molecule has 0 spiro atoms. The highest BCUT2D eigenvalue weighted by Crippen LogP contribution is 2.41. The van der Waals surface area contributed by atoms with E-state index in [0.29, 0.717) is 12.8 Å². The van der Waals surface area contributed by atoms with E-state index in [0.717, 1.165) is 6.42 Å². The van der Waals surface area contributed by atoms with Crippen molar-refractivity contribution >= 4 is 0 Å². The van der Waals surface area contributed by atoms with Gasteiger partial charge in [-0.2, -0.15) is 0 Å². The summed E-state index contributed by atoms with van der Waals surface area (Å²) in [6.07, 6.45) is 1.82. The molecule has 1 N–H and O–H groups in total. The third-order valence-electron chi connectivity index (χ3n) is 2.15. The minimum absolute atomic E-state index is 0.363. The second-order valence-corrected chi connectivity index (χ2v) is 2.86. The van der Waals surface area contributed by atoms with Gasteiger partial charge in [-0.1, -0.05) is 6.42 Å². The summed E-state index contributed by atoms with van der Waals surface area (Å²) < 4.78 is 25.4. The van der Waals surface area contributed by atoms with Gasteiger partial charge in [0.15, 0.2) is 0 Å². The van der Waals surface area contributed by atoms with E-state index in [2.05, 4.69) is 0 Å². The Kier molecular flexibility index (Phi) is 2.24. The number of hydrogen-bond acceptors (Lipinski definition) is 1. The minimum Gasteiger partial charge on any atom is -0.396 e. The van der Waals surface area contributed by atoms with E-state index in [1.165, 1.54) is 0 Å². The van der Waals surface area contributed by atoms with Crippen molar-refractivity contribution < 1.29 is 13.9 Å². The zero-order valence-corrected chi connectivity index (χ0v) is 5.82. The van der Waals surface area contributed by atoms with Crippen LogP contribution in [0.1, 0.15) is 25.7 Å². The molecule has 1 aliphatic rings. The average molecular weight is 150 g/mol. The molecule has 0 radical (unpaired) electrons. The van der Waals surface area contributed by atoms with Crippen LogP contribution in [0.3, 0.4) is 0 Å². The number of aliphatic hydroxyl groups excluding tert-OH is 1. The fourth-order valence-electron chi connectivity index (χ4n) is 1.18. The molecule has 10 heavy (non-hydrogen) atoms. The first-order valence-corrected chi connectivity index (χ1v) is 3.65. The van der Waals surface area contributed by atoms with E-state index in [-0.39, 0.29) is 6.42 Å². The highest BCUT2D eigenvalue weighted by Gasteiger charge is 2.41. The molecule has 1 aliphatic carbocycles. The molecular weight excluding hydrogens is 138 g/mol. The molecular formula is C7H12F2O. The van der Waals surface area contributed by atoms with E-state index in [9.17, 15) is 8.78 Å². The minimum atomic E-state index is -2.60. The van der Waals surface area contributed by atoms with E-state index in [1.54, 1.807) is 0 Å². The van der Waals surface area contributed by atoms with Crippen LogP contribution < -0.4 is 0 Å². The SMILES string of the molecule is OCCC(F)(F)C1CCC1. The Morgan fingerprint density at radius 3 is 2.30 bits per heavy atom. The van der Waals surface area contributed by atoms with Crippen LogP contribution in [0.4, 0.5) is 8.78 Å². The first-order valence-electron chi connectivity index (χ1n) is 3.65. The molecule has 1 saturated carbocycles. The molecule has 1 fully saturated rings. The topological polar surface area (TPSA) is 20.2 Å². The van der Waals surface area contributed by atoms with Crippen LogP contribution in [-0.2, 0) is 0 Å². The Hall–Kier alpha value is -0.180. The van der Waals surface area contributed by atoms with Crippen LogP contribution in [-0.4, -0.2) is 17.6 Å². The molecule has 0 amide bonds. The second kappa shape index (κ2) is 2.82. The van der Waals surface area contributed by atoms with Gasteiger partial charge in [-0.25, -0.2) is 8.78 Å². The summed E-state index contributed by atoms with van der Waals surface area (Å²) in [6, 6.07) is 0. The molecule has 3 heteroatoms. The van der Waals surface area contributed by atoms with Crippen molar-refractivity contribution in [2.45, 2.75) is 31.6 Å². The van der Waals surface area contributed by atoms with Crippen molar-refractivity contribution in [1.29, 1.82) is 0 Å². The molecule has 0 unspecified atom stereocenters. The lowest BCUT2D eigenvalue weighted by atomic mass is 9.79. The summed E-state index contributed by atoms with van der Waals surface area (Å²) in [6.45, 7) is -0.399. The number of rotatable bonds is 3. The maximum atomic E-state index is 12.7. The summed E-state index contributed by atoms with van der Waals surface area (Å²) in [5.74, 6) is -3.05. The Labute approximate surface area is 59.0 Å². The van der Waals surface area contributed by atoms with Crippen molar-refractivity contribution in [3.8, 4) is 0 Å². The Bertz CT molecular complexity index is 110. The van der Waals surface area contributed by atoms with Crippen LogP contribution in [0.15, 0.2) is 0 Å². The van der Waals surface area contributed by atoms with Gasteiger partial charge >= 0.3 is 0 Å². The van der Waals surface area contributed by atoms with Crippen molar-refractivity contribution in [1.82, 2.24) is 0 Å². The van der Waals surface area contributed by atoms with Crippen LogP contribution in [0.2, 0.25) is 0 Å². The molecule has 0 saturated heterocycles. The van der Waals surface area contributed by atoms with Gasteiger partial charge in [-0.05, 0) is 12.8 Å². The van der Waals surface area contributed by atoms with Crippen LogP contribution in [0.25, 0.3) is 0 Å². The van der Waals surface area contributed by atoms with Crippen molar-refractivity contribution in [2.75, 3.05) is 6.61 Å². The van der Waals surface area contributed by atoms with Gasteiger partial charge in [-0.15, -0.1) is 0 Å². The zero-order chi connectivity index (χ0) is 7.61. The fraction of sp³-hybridized carbons (Fsp3) is 1.00. The molecule has 0 heterocycles. The maximum absolute atomic E-state index is 12.7. The Morgan fingerprint density at radius 1 is 1.40 bits per heavy atom. The lowest BCUT2D eigenvalue weighted by molar-refractivity contribution is -0.101. The number of hydrogen-bond donors (Lipinski definition) is 1. The predicted octanol–water partition coefficient (Wildman–Crippen LogP) is 1.80. The molecule has 1 nitrogen and oxygen atoms in total. The Morgan fingerprint density at radius 2 is 2.00 bits per heavy atom. The molecule has 1 rings (SSSR count). The monoisotopic (exact) mass is 150 g/mol. The number of halogens is 2. The van der Waals surface area contributed by atoms with Gasteiger partial charge in [0.25, 0.3) is 5.92 Å². The van der Waals surface area contributed by atoms with Gasteiger partial charge < -0.3 is 5.11 Å². The normalized spacial score (nSPS) is 20.7. The van der Waals surface area contributed by atoms with Crippen molar-refractivity contribution in [3.63, 3.8) is 0 Å². The van der Waals surface area contributed by atoms with Crippen LogP contribution in [0, 0.1) is 5.92 Å². The van der Waals surface area contributed by atoms with Crippen molar-refractivity contribution in [2.24, 2.45) is 5.92 Å². The summed E-state index contributed by atoms with van der Waals surface area (Å²) in [5.41, 5.74) is 0. The summed E-state index contributed by atoms with van der Waals surface area (Å²) in [5, 5.41) is 8.29. The van der Waals surface area contributed by atoms with Gasteiger partial charge in [0, 0.05) is 18.9 Å². The maximum Gasteiger partial charge on any atom is 0.253 e. The fourth-order valence-corrected chi connectivity index (χ4v) is 1.18. The summed E-state index contributed by atoms with van der Waals surface area (Å²) in [7, 11) is 0. The van der Waals surface area contributed by atoms with Crippen LogP contribution >= 0.6 is 0 Å². The summed E-state index contributed by atoms with van der Waals surface area (Å²) in [4.78, 5) is 0. The van der Waals surface area contributed by atoms with E-state index >= 15 is 0 Å². The third-order valence-corrected chi connectivity index (χ3v) is 2.15. The molecule has 0 aliphatic heterocycles. The van der Waals surface area contributed by atoms with Gasteiger partial charge in [0.2, 0.25) is 0 Å². The molecule has 0 atom stereocenters. The lowest BCUT2D eigenvalue weighted by Gasteiger charge is -2.32. The molecule has 0 bridgehead atoms.